The molecule has 1 aliphatic rings. The summed E-state index contributed by atoms with van der Waals surface area (Å²) in [5.41, 5.74) is 1.14. The minimum absolute atomic E-state index is 0.0207. The van der Waals surface area contributed by atoms with E-state index in [1.807, 2.05) is 29.2 Å². The van der Waals surface area contributed by atoms with Crippen molar-refractivity contribution in [2.24, 2.45) is 5.92 Å². The maximum atomic E-state index is 12.1. The van der Waals surface area contributed by atoms with Gasteiger partial charge in [0.25, 0.3) is 0 Å². The number of hydrogen-bond donors (Lipinski definition) is 0. The molecule has 0 aliphatic carbocycles. The summed E-state index contributed by atoms with van der Waals surface area (Å²) < 4.78 is 5.29. The van der Waals surface area contributed by atoms with E-state index in [0.29, 0.717) is 12.5 Å². The minimum atomic E-state index is -0.202. The van der Waals surface area contributed by atoms with Crippen LogP contribution >= 0.6 is 0 Å². The van der Waals surface area contributed by atoms with Gasteiger partial charge in [0.2, 0.25) is 0 Å². The summed E-state index contributed by atoms with van der Waals surface area (Å²) in [5, 5.41) is 0. The van der Waals surface area contributed by atoms with Crippen molar-refractivity contribution in [1.82, 2.24) is 4.90 Å². The van der Waals surface area contributed by atoms with Gasteiger partial charge in [0, 0.05) is 6.04 Å². The van der Waals surface area contributed by atoms with Crippen LogP contribution in [0.2, 0.25) is 0 Å². The number of carbonyl (C=O) groups is 1. The van der Waals surface area contributed by atoms with E-state index in [-0.39, 0.29) is 18.2 Å². The van der Waals surface area contributed by atoms with E-state index < -0.39 is 0 Å². The van der Waals surface area contributed by atoms with Gasteiger partial charge in [-0.05, 0) is 24.3 Å². The molecule has 0 spiro atoms. The van der Waals surface area contributed by atoms with Crippen LogP contribution in [0.3, 0.4) is 0 Å². The highest BCUT2D eigenvalue weighted by atomic mass is 16.6. The third-order valence-electron chi connectivity index (χ3n) is 3.67. The Labute approximate surface area is 121 Å². The number of nitrogens with zero attached hydrogens (tertiary/aromatic N) is 1. The molecule has 1 aromatic rings. The quantitative estimate of drug-likeness (QED) is 0.728. The van der Waals surface area contributed by atoms with Crippen LogP contribution in [-0.2, 0) is 4.74 Å². The second kappa shape index (κ2) is 6.60. The van der Waals surface area contributed by atoms with Crippen LogP contribution < -0.4 is 0 Å². The van der Waals surface area contributed by atoms with Gasteiger partial charge in [-0.25, -0.2) is 4.79 Å². The number of benzene rings is 1. The highest BCUT2D eigenvalue weighted by Gasteiger charge is 2.38. The van der Waals surface area contributed by atoms with Crippen LogP contribution in [0.25, 0.3) is 0 Å². The Balaban J connectivity index is 2.24. The Bertz CT molecular complexity index is 455. The fourth-order valence-electron chi connectivity index (χ4n) is 2.83. The summed E-state index contributed by atoms with van der Waals surface area (Å²) in [7, 11) is 0. The predicted octanol–water partition coefficient (Wildman–Crippen LogP) is 4.17. The Hall–Kier alpha value is -1.77. The lowest BCUT2D eigenvalue weighted by Gasteiger charge is -2.31. The SMILES string of the molecule is C=CC[C@@H](CC(C)C)N1C(=O)OC[C@H]1c1ccccc1. The van der Waals surface area contributed by atoms with Gasteiger partial charge in [-0.3, -0.25) is 4.90 Å². The Kier molecular flexibility index (Phi) is 4.83. The first-order valence-corrected chi connectivity index (χ1v) is 7.24. The Morgan fingerprint density at radius 2 is 2.10 bits per heavy atom. The summed E-state index contributed by atoms with van der Waals surface area (Å²) in [6, 6.07) is 10.3. The second-order valence-corrected chi connectivity index (χ2v) is 5.72. The fourth-order valence-corrected chi connectivity index (χ4v) is 2.83. The standard InChI is InChI=1S/C17H23NO2/c1-4-8-15(11-13(2)3)18-16(12-20-17(18)19)14-9-6-5-7-10-14/h4-7,9-10,13,15-16H,1,8,11-12H2,2-3H3/t15-,16-/m0/s1. The zero-order chi connectivity index (χ0) is 14.5. The van der Waals surface area contributed by atoms with Crippen molar-refractivity contribution in [3.8, 4) is 0 Å². The second-order valence-electron chi connectivity index (χ2n) is 5.72. The number of carbonyl (C=O) groups excluding carboxylic acids is 1. The van der Waals surface area contributed by atoms with Crippen LogP contribution in [0.1, 0.15) is 38.3 Å². The van der Waals surface area contributed by atoms with Crippen molar-refractivity contribution in [2.75, 3.05) is 6.61 Å². The van der Waals surface area contributed by atoms with Gasteiger partial charge in [-0.2, -0.15) is 0 Å². The van der Waals surface area contributed by atoms with Crippen molar-refractivity contribution in [3.63, 3.8) is 0 Å². The molecule has 0 radical (unpaired) electrons. The number of rotatable bonds is 6. The first-order valence-electron chi connectivity index (χ1n) is 7.24. The molecule has 1 heterocycles. The van der Waals surface area contributed by atoms with Crippen molar-refractivity contribution < 1.29 is 9.53 Å². The normalized spacial score (nSPS) is 20.1. The van der Waals surface area contributed by atoms with E-state index in [2.05, 4.69) is 32.6 Å². The Morgan fingerprint density at radius 3 is 2.70 bits per heavy atom. The van der Waals surface area contributed by atoms with Crippen LogP contribution in [0.5, 0.6) is 0 Å². The van der Waals surface area contributed by atoms with Crippen LogP contribution in [0.4, 0.5) is 4.79 Å². The van der Waals surface area contributed by atoms with Crippen molar-refractivity contribution >= 4 is 6.09 Å². The van der Waals surface area contributed by atoms with Gasteiger partial charge >= 0.3 is 6.09 Å². The number of ether oxygens (including phenoxy) is 1. The third kappa shape index (κ3) is 3.21. The zero-order valence-corrected chi connectivity index (χ0v) is 12.3. The summed E-state index contributed by atoms with van der Waals surface area (Å²) in [4.78, 5) is 14.0. The molecule has 0 bridgehead atoms. The summed E-state index contributed by atoms with van der Waals surface area (Å²) in [6.07, 6.45) is 3.45. The zero-order valence-electron chi connectivity index (χ0n) is 12.3. The molecule has 0 unspecified atom stereocenters. The number of cyclic esters (lactones) is 1. The topological polar surface area (TPSA) is 29.5 Å². The first-order chi connectivity index (χ1) is 9.63. The molecule has 108 valence electrons. The van der Waals surface area contributed by atoms with E-state index >= 15 is 0 Å². The molecule has 3 nitrogen and oxygen atoms in total. The van der Waals surface area contributed by atoms with Crippen LogP contribution in [0.15, 0.2) is 43.0 Å². The molecule has 1 fully saturated rings. The third-order valence-corrected chi connectivity index (χ3v) is 3.67. The largest absolute Gasteiger partial charge is 0.447 e. The van der Waals surface area contributed by atoms with E-state index in [4.69, 9.17) is 4.74 Å². The number of amides is 1. The molecular formula is C17H23NO2. The van der Waals surface area contributed by atoms with Gasteiger partial charge in [0.15, 0.2) is 0 Å². The van der Waals surface area contributed by atoms with Crippen LogP contribution in [-0.4, -0.2) is 23.6 Å². The smallest absolute Gasteiger partial charge is 0.410 e. The molecule has 1 aromatic carbocycles. The Morgan fingerprint density at radius 1 is 1.40 bits per heavy atom. The molecule has 2 atom stereocenters. The van der Waals surface area contributed by atoms with Crippen molar-refractivity contribution in [2.45, 2.75) is 38.8 Å². The molecule has 1 amide bonds. The average molecular weight is 273 g/mol. The van der Waals surface area contributed by atoms with Crippen molar-refractivity contribution in [1.29, 1.82) is 0 Å². The molecule has 1 aliphatic heterocycles. The van der Waals surface area contributed by atoms with Gasteiger partial charge in [-0.1, -0.05) is 50.3 Å². The van der Waals surface area contributed by atoms with E-state index in [9.17, 15) is 4.79 Å². The first kappa shape index (κ1) is 14.6. The highest BCUT2D eigenvalue weighted by molar-refractivity contribution is 5.71. The summed E-state index contributed by atoms with van der Waals surface area (Å²) >= 11 is 0. The molecular weight excluding hydrogens is 250 g/mol. The van der Waals surface area contributed by atoms with E-state index in [1.54, 1.807) is 0 Å². The lowest BCUT2D eigenvalue weighted by molar-refractivity contribution is 0.138. The minimum Gasteiger partial charge on any atom is -0.447 e. The molecule has 0 aromatic heterocycles. The fraction of sp³-hybridized carbons (Fsp3) is 0.471. The lowest BCUT2D eigenvalue weighted by atomic mass is 9.97. The monoisotopic (exact) mass is 273 g/mol. The lowest BCUT2D eigenvalue weighted by Crippen LogP contribution is -2.38. The molecule has 1 saturated heterocycles. The van der Waals surface area contributed by atoms with Crippen LogP contribution in [0, 0.1) is 5.92 Å². The molecule has 20 heavy (non-hydrogen) atoms. The van der Waals surface area contributed by atoms with Gasteiger partial charge in [0.05, 0.1) is 6.04 Å². The maximum absolute atomic E-state index is 12.1. The van der Waals surface area contributed by atoms with E-state index in [1.165, 1.54) is 0 Å². The molecule has 2 rings (SSSR count). The summed E-state index contributed by atoms with van der Waals surface area (Å²) in [5.74, 6) is 0.532. The van der Waals surface area contributed by atoms with Gasteiger partial charge in [-0.15, -0.1) is 6.58 Å². The molecule has 0 saturated carbocycles. The van der Waals surface area contributed by atoms with Gasteiger partial charge in [0.1, 0.15) is 6.61 Å². The maximum Gasteiger partial charge on any atom is 0.410 e. The van der Waals surface area contributed by atoms with E-state index in [0.717, 1.165) is 18.4 Å². The van der Waals surface area contributed by atoms with Crippen molar-refractivity contribution in [3.05, 3.63) is 48.6 Å². The summed E-state index contributed by atoms with van der Waals surface area (Å²) in [6.45, 7) is 8.61. The number of hydrogen-bond acceptors (Lipinski definition) is 2. The predicted molar refractivity (Wildman–Crippen MR) is 80.4 cm³/mol. The van der Waals surface area contributed by atoms with Gasteiger partial charge < -0.3 is 4.74 Å². The molecule has 3 heteroatoms. The highest BCUT2D eigenvalue weighted by Crippen LogP contribution is 2.32. The average Bonchev–Trinajstić information content (AvgIpc) is 2.80. The molecule has 0 N–H and O–H groups in total.